The van der Waals surface area contributed by atoms with Crippen molar-refractivity contribution in [1.29, 1.82) is 5.41 Å². The standard InChI is InChI=1S/C25H27N5O2S.ClH/c1-3-15-30-23-14-13-20(29(2)33(31,32)21-7-5-4-6-8-21)17-22(23)28-24(30)16-18-9-11-19(12-10-18)25(26)27;/h4-14,17H,3,15-16H2,1-2H3,(H3,26,27);1H. The summed E-state index contributed by atoms with van der Waals surface area (Å²) < 4.78 is 29.5. The predicted molar refractivity (Wildman–Crippen MR) is 140 cm³/mol. The third-order valence-electron chi connectivity index (χ3n) is 5.65. The summed E-state index contributed by atoms with van der Waals surface area (Å²) in [7, 11) is -2.10. The molecule has 0 radical (unpaired) electrons. The number of aryl methyl sites for hydroxylation is 1. The Hall–Kier alpha value is -3.36. The van der Waals surface area contributed by atoms with Crippen LogP contribution in [-0.2, 0) is 23.0 Å². The molecule has 34 heavy (non-hydrogen) atoms. The number of hydrogen-bond acceptors (Lipinski definition) is 4. The van der Waals surface area contributed by atoms with Gasteiger partial charge in [0.2, 0.25) is 0 Å². The number of benzene rings is 3. The number of nitrogens with two attached hydrogens (primary N) is 1. The average Bonchev–Trinajstić information content (AvgIpc) is 3.15. The highest BCUT2D eigenvalue weighted by molar-refractivity contribution is 7.92. The molecule has 0 atom stereocenters. The van der Waals surface area contributed by atoms with Crippen molar-refractivity contribution in [2.24, 2.45) is 5.73 Å². The van der Waals surface area contributed by atoms with Crippen molar-refractivity contribution in [3.63, 3.8) is 0 Å². The van der Waals surface area contributed by atoms with E-state index in [4.69, 9.17) is 16.1 Å². The number of amidine groups is 1. The number of aromatic nitrogens is 2. The first kappa shape index (κ1) is 25.3. The number of nitrogen functional groups attached to an aromatic ring is 1. The zero-order valence-electron chi connectivity index (χ0n) is 19.1. The van der Waals surface area contributed by atoms with E-state index in [0.29, 0.717) is 17.7 Å². The SMILES string of the molecule is CCCn1c(Cc2ccc(C(=N)N)cc2)nc2cc(N(C)S(=O)(=O)c3ccccc3)ccc21.Cl. The lowest BCUT2D eigenvalue weighted by Crippen LogP contribution is -2.26. The van der Waals surface area contributed by atoms with Gasteiger partial charge in [0.05, 0.1) is 21.6 Å². The Morgan fingerprint density at radius 3 is 2.35 bits per heavy atom. The fraction of sp³-hybridized carbons (Fsp3) is 0.200. The van der Waals surface area contributed by atoms with Gasteiger partial charge < -0.3 is 10.3 Å². The average molecular weight is 498 g/mol. The fourth-order valence-electron chi connectivity index (χ4n) is 3.85. The summed E-state index contributed by atoms with van der Waals surface area (Å²) in [6, 6.07) is 21.6. The number of sulfonamides is 1. The molecule has 1 aromatic heterocycles. The van der Waals surface area contributed by atoms with E-state index in [-0.39, 0.29) is 23.1 Å². The van der Waals surface area contributed by atoms with Crippen molar-refractivity contribution < 1.29 is 8.42 Å². The molecule has 0 saturated heterocycles. The van der Waals surface area contributed by atoms with Gasteiger partial charge in [0, 0.05) is 25.6 Å². The first-order chi connectivity index (χ1) is 15.8. The van der Waals surface area contributed by atoms with Gasteiger partial charge in [-0.1, -0.05) is 49.4 Å². The van der Waals surface area contributed by atoms with Crippen LogP contribution in [0.1, 0.15) is 30.3 Å². The summed E-state index contributed by atoms with van der Waals surface area (Å²) in [6.07, 6.45) is 1.58. The minimum Gasteiger partial charge on any atom is -0.384 e. The Balaban J connectivity index is 0.00000324. The predicted octanol–water partition coefficient (Wildman–Crippen LogP) is 4.57. The van der Waals surface area contributed by atoms with E-state index in [2.05, 4.69) is 11.5 Å². The van der Waals surface area contributed by atoms with Crippen LogP contribution in [0.25, 0.3) is 11.0 Å². The monoisotopic (exact) mass is 497 g/mol. The summed E-state index contributed by atoms with van der Waals surface area (Å²) in [5, 5.41) is 7.56. The smallest absolute Gasteiger partial charge is 0.264 e. The van der Waals surface area contributed by atoms with Crippen molar-refractivity contribution in [1.82, 2.24) is 9.55 Å². The Bertz CT molecular complexity index is 1400. The second-order valence-electron chi connectivity index (χ2n) is 7.93. The van der Waals surface area contributed by atoms with E-state index < -0.39 is 10.0 Å². The molecular weight excluding hydrogens is 470 g/mol. The molecule has 0 saturated carbocycles. The van der Waals surface area contributed by atoms with Gasteiger partial charge in [-0.25, -0.2) is 13.4 Å². The lowest BCUT2D eigenvalue weighted by molar-refractivity contribution is 0.594. The van der Waals surface area contributed by atoms with Crippen molar-refractivity contribution in [2.75, 3.05) is 11.4 Å². The minimum absolute atomic E-state index is 0. The maximum Gasteiger partial charge on any atom is 0.264 e. The van der Waals surface area contributed by atoms with Crippen LogP contribution in [0, 0.1) is 5.41 Å². The third-order valence-corrected chi connectivity index (χ3v) is 7.45. The number of hydrogen-bond donors (Lipinski definition) is 2. The normalized spacial score (nSPS) is 11.2. The number of imidazole rings is 1. The third kappa shape index (κ3) is 4.93. The molecule has 9 heteroatoms. The zero-order valence-corrected chi connectivity index (χ0v) is 20.7. The molecule has 0 fully saturated rings. The topological polar surface area (TPSA) is 105 Å². The maximum atomic E-state index is 13.0. The molecule has 178 valence electrons. The lowest BCUT2D eigenvalue weighted by Gasteiger charge is -2.19. The van der Waals surface area contributed by atoms with E-state index >= 15 is 0 Å². The number of halogens is 1. The van der Waals surface area contributed by atoms with Crippen LogP contribution in [0.15, 0.2) is 77.7 Å². The quantitative estimate of drug-likeness (QED) is 0.275. The largest absolute Gasteiger partial charge is 0.384 e. The molecule has 4 aromatic rings. The fourth-order valence-corrected chi connectivity index (χ4v) is 5.05. The first-order valence-electron chi connectivity index (χ1n) is 10.8. The maximum absolute atomic E-state index is 13.0. The van der Waals surface area contributed by atoms with Crippen LogP contribution in [0.4, 0.5) is 5.69 Å². The lowest BCUT2D eigenvalue weighted by atomic mass is 10.1. The second kappa shape index (κ2) is 10.3. The van der Waals surface area contributed by atoms with Crippen molar-refractivity contribution in [3.05, 3.63) is 89.7 Å². The van der Waals surface area contributed by atoms with Gasteiger partial charge in [-0.15, -0.1) is 12.4 Å². The number of anilines is 1. The highest BCUT2D eigenvalue weighted by Crippen LogP contribution is 2.27. The highest BCUT2D eigenvalue weighted by Gasteiger charge is 2.22. The molecule has 0 aliphatic carbocycles. The van der Waals surface area contributed by atoms with Crippen molar-refractivity contribution in [2.45, 2.75) is 31.2 Å². The van der Waals surface area contributed by atoms with Crippen molar-refractivity contribution in [3.8, 4) is 0 Å². The summed E-state index contributed by atoms with van der Waals surface area (Å²) in [6.45, 7) is 2.93. The van der Waals surface area contributed by atoms with Crippen molar-refractivity contribution >= 4 is 45.0 Å². The molecule has 0 aliphatic rings. The Morgan fingerprint density at radius 2 is 1.74 bits per heavy atom. The van der Waals surface area contributed by atoms with Crippen LogP contribution >= 0.6 is 12.4 Å². The van der Waals surface area contributed by atoms with E-state index in [1.165, 1.54) is 4.31 Å². The van der Waals surface area contributed by atoms with E-state index in [0.717, 1.165) is 35.4 Å². The molecule has 3 aromatic carbocycles. The number of nitrogens with zero attached hydrogens (tertiary/aromatic N) is 3. The molecule has 0 bridgehead atoms. The summed E-state index contributed by atoms with van der Waals surface area (Å²) >= 11 is 0. The van der Waals surface area contributed by atoms with Crippen LogP contribution < -0.4 is 10.0 Å². The molecule has 1 heterocycles. The molecule has 0 unspecified atom stereocenters. The molecule has 0 aliphatic heterocycles. The molecule has 3 N–H and O–H groups in total. The van der Waals surface area contributed by atoms with Crippen LogP contribution in [0.5, 0.6) is 0 Å². The second-order valence-corrected chi connectivity index (χ2v) is 9.89. The minimum atomic E-state index is -3.66. The summed E-state index contributed by atoms with van der Waals surface area (Å²) in [5.74, 6) is 0.954. The molecule has 0 amide bonds. The van der Waals surface area contributed by atoms with Gasteiger partial charge in [-0.2, -0.15) is 0 Å². The number of fused-ring (bicyclic) bond motifs is 1. The first-order valence-corrected chi connectivity index (χ1v) is 12.2. The zero-order chi connectivity index (χ0) is 23.6. The van der Waals surface area contributed by atoms with Crippen LogP contribution in [0.3, 0.4) is 0 Å². The Kier molecular flexibility index (Phi) is 7.64. The molecule has 7 nitrogen and oxygen atoms in total. The molecule has 4 rings (SSSR count). The molecular formula is C25H28ClN5O2S. The van der Waals surface area contributed by atoms with Gasteiger partial charge in [0.15, 0.2) is 0 Å². The van der Waals surface area contributed by atoms with Gasteiger partial charge in [-0.3, -0.25) is 9.71 Å². The van der Waals surface area contributed by atoms with Gasteiger partial charge in [0.25, 0.3) is 10.0 Å². The van der Waals surface area contributed by atoms with Gasteiger partial charge in [0.1, 0.15) is 11.7 Å². The van der Waals surface area contributed by atoms with Crippen LogP contribution in [-0.4, -0.2) is 30.9 Å². The van der Waals surface area contributed by atoms with Crippen LogP contribution in [0.2, 0.25) is 0 Å². The van der Waals surface area contributed by atoms with E-state index in [1.807, 2.05) is 42.5 Å². The Labute approximate surface area is 206 Å². The van der Waals surface area contributed by atoms with E-state index in [9.17, 15) is 8.42 Å². The number of nitrogens with one attached hydrogen (secondary N) is 1. The van der Waals surface area contributed by atoms with Gasteiger partial charge in [-0.05, 0) is 42.3 Å². The highest BCUT2D eigenvalue weighted by atomic mass is 35.5. The summed E-state index contributed by atoms with van der Waals surface area (Å²) in [4.78, 5) is 5.11. The number of rotatable bonds is 8. The Morgan fingerprint density at radius 1 is 1.06 bits per heavy atom. The molecule has 0 spiro atoms. The van der Waals surface area contributed by atoms with Gasteiger partial charge >= 0.3 is 0 Å². The van der Waals surface area contributed by atoms with E-state index in [1.54, 1.807) is 37.4 Å². The summed E-state index contributed by atoms with van der Waals surface area (Å²) in [5.41, 5.74) is 9.60.